The fraction of sp³-hybridized carbons (Fsp3) is 0.444. The number of carbonyl (C=O) groups excluding carboxylic acids is 1. The molecule has 0 spiro atoms. The number of rotatable bonds is 6. The van der Waals surface area contributed by atoms with E-state index in [0.29, 0.717) is 25.9 Å². The Hall–Kier alpha value is -2.19. The van der Waals surface area contributed by atoms with E-state index in [0.717, 1.165) is 24.1 Å². The van der Waals surface area contributed by atoms with Gasteiger partial charge in [-0.25, -0.2) is 13.1 Å². The Labute approximate surface area is 154 Å². The van der Waals surface area contributed by atoms with E-state index in [4.69, 9.17) is 0 Å². The van der Waals surface area contributed by atoms with E-state index in [-0.39, 0.29) is 5.91 Å². The van der Waals surface area contributed by atoms with Crippen molar-refractivity contribution >= 4 is 15.9 Å². The first-order valence-corrected chi connectivity index (χ1v) is 10.6. The maximum Gasteiger partial charge on any atom is 0.238 e. The Morgan fingerprint density at radius 3 is 2.69 bits per heavy atom. The van der Waals surface area contributed by atoms with Crippen molar-refractivity contribution < 1.29 is 13.2 Å². The minimum Gasteiger partial charge on any atom is -0.354 e. The first kappa shape index (κ1) is 18.6. The molecule has 1 aromatic heterocycles. The summed E-state index contributed by atoms with van der Waals surface area (Å²) in [6.45, 7) is 0.903. The van der Waals surface area contributed by atoms with Gasteiger partial charge in [-0.15, -0.1) is 0 Å². The lowest BCUT2D eigenvalue weighted by atomic mass is 10.0. The minimum absolute atomic E-state index is 0.205. The van der Waals surface area contributed by atoms with Crippen LogP contribution in [0, 0.1) is 0 Å². The van der Waals surface area contributed by atoms with Gasteiger partial charge in [0.25, 0.3) is 0 Å². The molecule has 1 fully saturated rings. The summed E-state index contributed by atoms with van der Waals surface area (Å²) >= 11 is 0. The molecule has 0 saturated carbocycles. The van der Waals surface area contributed by atoms with Crippen molar-refractivity contribution in [1.82, 2.24) is 19.4 Å². The van der Waals surface area contributed by atoms with Gasteiger partial charge in [0, 0.05) is 25.5 Å². The Bertz CT molecular complexity index is 832. The zero-order chi connectivity index (χ0) is 18.6. The number of carbonyl (C=O) groups is 1. The van der Waals surface area contributed by atoms with E-state index >= 15 is 0 Å². The van der Waals surface area contributed by atoms with Gasteiger partial charge in [0.15, 0.2) is 0 Å². The normalized spacial score (nSPS) is 18.6. The molecular weight excluding hydrogens is 352 g/mol. The van der Waals surface area contributed by atoms with E-state index in [9.17, 15) is 13.2 Å². The van der Waals surface area contributed by atoms with Crippen LogP contribution >= 0.6 is 0 Å². The maximum absolute atomic E-state index is 12.4. The standard InChI is InChI=1S/C18H24N4O3S/c1-26(24,25)22-14-3-2-5-17(22)18(23)19-12-10-15-6-8-16(9-7-15)21-13-4-11-20-21/h4,6-9,11,13,17H,2-3,5,10,12,14H2,1H3,(H,19,23). The lowest BCUT2D eigenvalue weighted by Crippen LogP contribution is -2.51. The molecule has 2 heterocycles. The Morgan fingerprint density at radius 2 is 2.04 bits per heavy atom. The Balaban J connectivity index is 1.53. The van der Waals surface area contributed by atoms with Gasteiger partial charge in [-0.2, -0.15) is 9.40 Å². The lowest BCUT2D eigenvalue weighted by Gasteiger charge is -2.32. The number of aromatic nitrogens is 2. The van der Waals surface area contributed by atoms with Crippen LogP contribution in [-0.4, -0.2) is 53.8 Å². The number of nitrogens with zero attached hydrogens (tertiary/aromatic N) is 3. The minimum atomic E-state index is -3.36. The topological polar surface area (TPSA) is 84.3 Å². The number of benzene rings is 1. The molecule has 1 aromatic carbocycles. The van der Waals surface area contributed by atoms with Crippen LogP contribution in [0.3, 0.4) is 0 Å². The maximum atomic E-state index is 12.4. The van der Waals surface area contributed by atoms with E-state index in [2.05, 4.69) is 10.4 Å². The average Bonchev–Trinajstić information content (AvgIpc) is 3.16. The summed E-state index contributed by atoms with van der Waals surface area (Å²) in [5, 5.41) is 7.07. The zero-order valence-corrected chi connectivity index (χ0v) is 15.7. The third-order valence-corrected chi connectivity index (χ3v) is 5.89. The summed E-state index contributed by atoms with van der Waals surface area (Å²) in [7, 11) is -3.36. The molecule has 8 heteroatoms. The molecule has 1 N–H and O–H groups in total. The van der Waals surface area contributed by atoms with E-state index in [1.165, 1.54) is 10.6 Å². The summed E-state index contributed by atoms with van der Waals surface area (Å²) < 4.78 is 26.8. The molecule has 0 bridgehead atoms. The van der Waals surface area contributed by atoms with Crippen LogP contribution in [0.1, 0.15) is 24.8 Å². The Morgan fingerprint density at radius 1 is 1.27 bits per heavy atom. The number of hydrogen-bond acceptors (Lipinski definition) is 4. The molecule has 1 aliphatic rings. The summed E-state index contributed by atoms with van der Waals surface area (Å²) in [5.74, 6) is -0.205. The molecular formula is C18H24N4O3S. The van der Waals surface area contributed by atoms with E-state index < -0.39 is 16.1 Å². The van der Waals surface area contributed by atoms with Gasteiger partial charge in [0.2, 0.25) is 15.9 Å². The molecule has 1 amide bonds. The predicted octanol–water partition coefficient (Wildman–Crippen LogP) is 1.35. The van der Waals surface area contributed by atoms with Gasteiger partial charge in [-0.3, -0.25) is 4.79 Å². The molecule has 7 nitrogen and oxygen atoms in total. The average molecular weight is 376 g/mol. The molecule has 1 aliphatic heterocycles. The highest BCUT2D eigenvalue weighted by Crippen LogP contribution is 2.20. The van der Waals surface area contributed by atoms with Crippen molar-refractivity contribution in [1.29, 1.82) is 0 Å². The van der Waals surface area contributed by atoms with Crippen molar-refractivity contribution in [2.24, 2.45) is 0 Å². The third-order valence-electron chi connectivity index (χ3n) is 4.60. The Kier molecular flexibility index (Phi) is 5.73. The first-order valence-electron chi connectivity index (χ1n) is 8.78. The molecule has 26 heavy (non-hydrogen) atoms. The number of piperidine rings is 1. The molecule has 1 unspecified atom stereocenters. The zero-order valence-electron chi connectivity index (χ0n) is 14.8. The van der Waals surface area contributed by atoms with Gasteiger partial charge in [0.05, 0.1) is 11.9 Å². The summed E-state index contributed by atoms with van der Waals surface area (Å²) in [6.07, 6.45) is 7.73. The second-order valence-corrected chi connectivity index (χ2v) is 8.48. The second kappa shape index (κ2) is 8.01. The predicted molar refractivity (Wildman–Crippen MR) is 99.5 cm³/mol. The number of nitrogens with one attached hydrogen (secondary N) is 1. The summed E-state index contributed by atoms with van der Waals surface area (Å²) in [5.41, 5.74) is 2.08. The van der Waals surface area contributed by atoms with Crippen molar-refractivity contribution in [2.45, 2.75) is 31.7 Å². The molecule has 140 valence electrons. The van der Waals surface area contributed by atoms with Crippen molar-refractivity contribution in [3.63, 3.8) is 0 Å². The number of sulfonamides is 1. The number of amides is 1. The monoisotopic (exact) mass is 376 g/mol. The van der Waals surface area contributed by atoms with Crippen molar-refractivity contribution in [3.8, 4) is 5.69 Å². The SMILES string of the molecule is CS(=O)(=O)N1CCCCC1C(=O)NCCc1ccc(-n2cccn2)cc1. The van der Waals surface area contributed by atoms with Gasteiger partial charge in [-0.1, -0.05) is 18.6 Å². The largest absolute Gasteiger partial charge is 0.354 e. The highest BCUT2D eigenvalue weighted by molar-refractivity contribution is 7.88. The van der Waals surface area contributed by atoms with E-state index in [1.807, 2.05) is 36.5 Å². The fourth-order valence-corrected chi connectivity index (χ4v) is 4.37. The molecule has 1 atom stereocenters. The molecule has 3 rings (SSSR count). The lowest BCUT2D eigenvalue weighted by molar-refractivity contribution is -0.125. The van der Waals surface area contributed by atoms with Crippen molar-refractivity contribution in [3.05, 3.63) is 48.3 Å². The first-order chi connectivity index (χ1) is 12.4. The van der Waals surface area contributed by atoms with Crippen LogP contribution in [0.4, 0.5) is 0 Å². The molecule has 1 saturated heterocycles. The van der Waals surface area contributed by atoms with Crippen LogP contribution < -0.4 is 5.32 Å². The molecule has 0 radical (unpaired) electrons. The van der Waals surface area contributed by atoms with Crippen molar-refractivity contribution in [2.75, 3.05) is 19.3 Å². The van der Waals surface area contributed by atoms with Crippen LogP contribution in [0.5, 0.6) is 0 Å². The van der Waals surface area contributed by atoms with Gasteiger partial charge < -0.3 is 5.32 Å². The highest BCUT2D eigenvalue weighted by Gasteiger charge is 2.34. The fourth-order valence-electron chi connectivity index (χ4n) is 3.25. The second-order valence-electron chi connectivity index (χ2n) is 6.54. The summed E-state index contributed by atoms with van der Waals surface area (Å²) in [6, 6.07) is 9.27. The van der Waals surface area contributed by atoms with Crippen LogP contribution in [0.15, 0.2) is 42.7 Å². The van der Waals surface area contributed by atoms with Crippen LogP contribution in [0.25, 0.3) is 5.69 Å². The third kappa shape index (κ3) is 4.50. The molecule has 0 aliphatic carbocycles. The smallest absolute Gasteiger partial charge is 0.238 e. The van der Waals surface area contributed by atoms with Gasteiger partial charge >= 0.3 is 0 Å². The van der Waals surface area contributed by atoms with E-state index in [1.54, 1.807) is 10.9 Å². The van der Waals surface area contributed by atoms with Crippen LogP contribution in [-0.2, 0) is 21.2 Å². The highest BCUT2D eigenvalue weighted by atomic mass is 32.2. The number of hydrogen-bond donors (Lipinski definition) is 1. The van der Waals surface area contributed by atoms with Crippen LogP contribution in [0.2, 0.25) is 0 Å². The quantitative estimate of drug-likeness (QED) is 0.825. The van der Waals surface area contributed by atoms with Gasteiger partial charge in [-0.05, 0) is 43.0 Å². The summed E-state index contributed by atoms with van der Waals surface area (Å²) in [4.78, 5) is 12.4. The molecule has 2 aromatic rings. The van der Waals surface area contributed by atoms with Gasteiger partial charge in [0.1, 0.15) is 6.04 Å².